The Labute approximate surface area is 117 Å². The highest BCUT2D eigenvalue weighted by atomic mass is 16.4. The molecule has 0 unspecified atom stereocenters. The number of hydrogen-bond acceptors (Lipinski definition) is 3. The maximum Gasteiger partial charge on any atom is 0.329 e. The van der Waals surface area contributed by atoms with E-state index in [2.05, 4.69) is 17.6 Å². The zero-order valence-corrected chi connectivity index (χ0v) is 11.5. The topological polar surface area (TPSA) is 91.6 Å². The predicted octanol–water partition coefficient (Wildman–Crippen LogP) is 2.11. The smallest absolute Gasteiger partial charge is 0.329 e. The van der Waals surface area contributed by atoms with Crippen LogP contribution in [0.5, 0.6) is 0 Å². The summed E-state index contributed by atoms with van der Waals surface area (Å²) < 4.78 is 5.10. The van der Waals surface area contributed by atoms with E-state index in [0.717, 1.165) is 12.8 Å². The zero-order valence-electron chi connectivity index (χ0n) is 11.5. The van der Waals surface area contributed by atoms with Crippen molar-refractivity contribution in [1.82, 2.24) is 10.6 Å². The lowest BCUT2D eigenvalue weighted by Gasteiger charge is -2.36. The molecule has 6 heteroatoms. The molecule has 2 rings (SSSR count). The zero-order chi connectivity index (χ0) is 14.6. The molecule has 110 valence electrons. The summed E-state index contributed by atoms with van der Waals surface area (Å²) >= 11 is 0. The number of carbonyl (C=O) groups excluding carboxylic acids is 1. The minimum Gasteiger partial charge on any atom is -0.480 e. The van der Waals surface area contributed by atoms with Gasteiger partial charge in [-0.15, -0.1) is 0 Å². The summed E-state index contributed by atoms with van der Waals surface area (Å²) in [7, 11) is 0. The minimum atomic E-state index is -1.14. The SMILES string of the molecule is CC1CCC(NC(=O)NCc2ccco2)(C(=O)O)CC1. The fourth-order valence-electron chi connectivity index (χ4n) is 2.49. The molecule has 1 fully saturated rings. The standard InChI is InChI=1S/C14H20N2O4/c1-10-4-6-14(7-5-10,12(17)18)16-13(19)15-9-11-3-2-8-20-11/h2-3,8,10H,4-7,9H2,1H3,(H,17,18)(H2,15,16,19). The van der Waals surface area contributed by atoms with Crippen molar-refractivity contribution in [2.75, 3.05) is 0 Å². The van der Waals surface area contributed by atoms with Crippen LogP contribution >= 0.6 is 0 Å². The average Bonchev–Trinajstić information content (AvgIpc) is 2.92. The maximum absolute atomic E-state index is 11.9. The molecular formula is C14H20N2O4. The number of carbonyl (C=O) groups is 2. The highest BCUT2D eigenvalue weighted by Crippen LogP contribution is 2.32. The van der Waals surface area contributed by atoms with Gasteiger partial charge in [0.1, 0.15) is 11.3 Å². The molecule has 1 aliphatic rings. The van der Waals surface area contributed by atoms with Crippen LogP contribution in [0, 0.1) is 5.92 Å². The van der Waals surface area contributed by atoms with E-state index < -0.39 is 17.5 Å². The molecular weight excluding hydrogens is 260 g/mol. The van der Waals surface area contributed by atoms with E-state index in [9.17, 15) is 14.7 Å². The first-order valence-electron chi connectivity index (χ1n) is 6.84. The Morgan fingerprint density at radius 3 is 2.70 bits per heavy atom. The summed E-state index contributed by atoms with van der Waals surface area (Å²) in [6.45, 7) is 2.34. The number of furan rings is 1. The van der Waals surface area contributed by atoms with Crippen LogP contribution < -0.4 is 10.6 Å². The lowest BCUT2D eigenvalue weighted by molar-refractivity contribution is -0.146. The first kappa shape index (κ1) is 14.4. The van der Waals surface area contributed by atoms with Crippen LogP contribution in [0.4, 0.5) is 4.79 Å². The molecule has 1 aromatic heterocycles. The second-order valence-electron chi connectivity index (χ2n) is 5.46. The fraction of sp³-hybridized carbons (Fsp3) is 0.571. The largest absolute Gasteiger partial charge is 0.480 e. The normalized spacial score (nSPS) is 25.9. The molecule has 20 heavy (non-hydrogen) atoms. The summed E-state index contributed by atoms with van der Waals surface area (Å²) in [6, 6.07) is 3.00. The van der Waals surface area contributed by atoms with E-state index in [1.54, 1.807) is 12.1 Å². The van der Waals surface area contributed by atoms with E-state index in [4.69, 9.17) is 4.42 Å². The van der Waals surface area contributed by atoms with Gasteiger partial charge in [-0.3, -0.25) is 0 Å². The quantitative estimate of drug-likeness (QED) is 0.787. The van der Waals surface area contributed by atoms with Gasteiger partial charge in [0.15, 0.2) is 0 Å². The van der Waals surface area contributed by atoms with Crippen molar-refractivity contribution in [3.8, 4) is 0 Å². The molecule has 1 aliphatic carbocycles. The Morgan fingerprint density at radius 2 is 2.15 bits per heavy atom. The van der Waals surface area contributed by atoms with Crippen LogP contribution in [-0.4, -0.2) is 22.6 Å². The highest BCUT2D eigenvalue weighted by Gasteiger charge is 2.42. The lowest BCUT2D eigenvalue weighted by Crippen LogP contribution is -2.58. The maximum atomic E-state index is 11.9. The second kappa shape index (κ2) is 5.98. The molecule has 6 nitrogen and oxygen atoms in total. The van der Waals surface area contributed by atoms with Gasteiger partial charge in [0, 0.05) is 0 Å². The summed E-state index contributed by atoms with van der Waals surface area (Å²) in [5, 5.41) is 14.7. The van der Waals surface area contributed by atoms with E-state index in [-0.39, 0.29) is 6.54 Å². The number of aliphatic carboxylic acids is 1. The van der Waals surface area contributed by atoms with Gasteiger partial charge in [-0.2, -0.15) is 0 Å². The Bertz CT molecular complexity index is 462. The molecule has 0 spiro atoms. The molecule has 1 aromatic rings. The molecule has 0 bridgehead atoms. The van der Waals surface area contributed by atoms with Crippen molar-refractivity contribution in [3.63, 3.8) is 0 Å². The fourth-order valence-corrected chi connectivity index (χ4v) is 2.49. The monoisotopic (exact) mass is 280 g/mol. The molecule has 3 N–H and O–H groups in total. The van der Waals surface area contributed by atoms with E-state index in [1.165, 1.54) is 6.26 Å². The summed E-state index contributed by atoms with van der Waals surface area (Å²) in [5.74, 6) is 0.176. The lowest BCUT2D eigenvalue weighted by atomic mass is 9.77. The van der Waals surface area contributed by atoms with Crippen molar-refractivity contribution < 1.29 is 19.1 Å². The number of rotatable bonds is 4. The van der Waals surface area contributed by atoms with Crippen LogP contribution in [0.3, 0.4) is 0 Å². The Kier molecular flexibility index (Phi) is 4.32. The molecule has 0 aromatic carbocycles. The molecule has 1 saturated carbocycles. The summed E-state index contributed by atoms with van der Waals surface area (Å²) in [6.07, 6.45) is 4.08. The van der Waals surface area contributed by atoms with Gasteiger partial charge >= 0.3 is 12.0 Å². The molecule has 0 saturated heterocycles. The van der Waals surface area contributed by atoms with E-state index in [0.29, 0.717) is 24.5 Å². The third-order valence-electron chi connectivity index (χ3n) is 3.89. The Balaban J connectivity index is 1.91. The molecule has 0 atom stereocenters. The Hall–Kier alpha value is -1.98. The third kappa shape index (κ3) is 3.31. The van der Waals surface area contributed by atoms with Crippen LogP contribution in [0.25, 0.3) is 0 Å². The van der Waals surface area contributed by atoms with Gasteiger partial charge in [-0.1, -0.05) is 6.92 Å². The van der Waals surface area contributed by atoms with Crippen LogP contribution in [0.2, 0.25) is 0 Å². The minimum absolute atomic E-state index is 0.241. The van der Waals surface area contributed by atoms with Gasteiger partial charge < -0.3 is 20.2 Å². The van der Waals surface area contributed by atoms with Crippen LogP contribution in [0.15, 0.2) is 22.8 Å². The third-order valence-corrected chi connectivity index (χ3v) is 3.89. The molecule has 0 radical (unpaired) electrons. The molecule has 1 heterocycles. The highest BCUT2D eigenvalue weighted by molar-refractivity contribution is 5.86. The average molecular weight is 280 g/mol. The summed E-state index contributed by atoms with van der Waals surface area (Å²) in [4.78, 5) is 23.4. The number of nitrogens with one attached hydrogen (secondary N) is 2. The van der Waals surface area contributed by atoms with Gasteiger partial charge in [-0.05, 0) is 43.7 Å². The summed E-state index contributed by atoms with van der Waals surface area (Å²) in [5.41, 5.74) is -1.14. The van der Waals surface area contributed by atoms with Crippen LogP contribution in [-0.2, 0) is 11.3 Å². The van der Waals surface area contributed by atoms with Crippen molar-refractivity contribution in [2.45, 2.75) is 44.7 Å². The molecule has 0 aliphatic heterocycles. The van der Waals surface area contributed by atoms with Crippen molar-refractivity contribution >= 4 is 12.0 Å². The van der Waals surface area contributed by atoms with Gasteiger partial charge in [0.25, 0.3) is 0 Å². The number of carboxylic acids is 1. The van der Waals surface area contributed by atoms with Crippen LogP contribution in [0.1, 0.15) is 38.4 Å². The first-order valence-corrected chi connectivity index (χ1v) is 6.84. The van der Waals surface area contributed by atoms with Gasteiger partial charge in [-0.25, -0.2) is 9.59 Å². The van der Waals surface area contributed by atoms with Crippen molar-refractivity contribution in [3.05, 3.63) is 24.2 Å². The molecule has 2 amide bonds. The second-order valence-corrected chi connectivity index (χ2v) is 5.46. The van der Waals surface area contributed by atoms with Crippen molar-refractivity contribution in [1.29, 1.82) is 0 Å². The number of hydrogen-bond donors (Lipinski definition) is 3. The number of urea groups is 1. The first-order chi connectivity index (χ1) is 9.52. The van der Waals surface area contributed by atoms with Gasteiger partial charge in [0.2, 0.25) is 0 Å². The predicted molar refractivity (Wildman–Crippen MR) is 72.1 cm³/mol. The number of carboxylic acid groups (broad SMARTS) is 1. The van der Waals surface area contributed by atoms with E-state index >= 15 is 0 Å². The number of amides is 2. The van der Waals surface area contributed by atoms with Gasteiger partial charge in [0.05, 0.1) is 12.8 Å². The Morgan fingerprint density at radius 1 is 1.45 bits per heavy atom. The van der Waals surface area contributed by atoms with Crippen molar-refractivity contribution in [2.24, 2.45) is 5.92 Å². The van der Waals surface area contributed by atoms with E-state index in [1.807, 2.05) is 0 Å².